The van der Waals surface area contributed by atoms with Crippen molar-refractivity contribution in [2.24, 2.45) is 5.73 Å². The normalized spacial score (nSPS) is 18.1. The molecule has 48 heavy (non-hydrogen) atoms. The molecule has 0 unspecified atom stereocenters. The highest BCUT2D eigenvalue weighted by Crippen LogP contribution is 2.55. The van der Waals surface area contributed by atoms with Gasteiger partial charge in [0.05, 0.1) is 0 Å². The van der Waals surface area contributed by atoms with E-state index in [0.717, 1.165) is 12.8 Å². The maximum atomic E-state index is 6.51. The first-order valence-corrected chi connectivity index (χ1v) is 19.6. The first kappa shape index (κ1) is 35.1. The Kier molecular flexibility index (Phi) is 8.74. The molecular weight excluding hydrogens is 597 g/mol. The predicted octanol–water partition coefficient (Wildman–Crippen LogP) is 10.3. The maximum Gasteiger partial charge on any atom is 0.0224 e. The summed E-state index contributed by atoms with van der Waals surface area (Å²) in [5.74, 6) is 0. The zero-order valence-corrected chi connectivity index (χ0v) is 32.9. The van der Waals surface area contributed by atoms with E-state index in [2.05, 4.69) is 156 Å². The molecule has 0 fully saturated rings. The molecule has 2 heteroatoms. The molecule has 0 radical (unpaired) electrons. The lowest BCUT2D eigenvalue weighted by atomic mass is 9.75. The van der Waals surface area contributed by atoms with Gasteiger partial charge in [-0.2, -0.15) is 0 Å². The number of hydrogen-bond donors (Lipinski definition) is 1. The van der Waals surface area contributed by atoms with E-state index in [0.29, 0.717) is 6.54 Å². The maximum absolute atomic E-state index is 6.51. The van der Waals surface area contributed by atoms with Gasteiger partial charge < -0.3 is 5.73 Å². The molecule has 4 aromatic rings. The van der Waals surface area contributed by atoms with E-state index in [1.54, 1.807) is 22.0 Å². The van der Waals surface area contributed by atoms with Crippen LogP contribution in [0.5, 0.6) is 0 Å². The van der Waals surface area contributed by atoms with Gasteiger partial charge in [0.25, 0.3) is 0 Å². The van der Waals surface area contributed by atoms with Gasteiger partial charge in [0, 0.05) is 12.0 Å². The van der Waals surface area contributed by atoms with E-state index in [9.17, 15) is 0 Å². The Morgan fingerprint density at radius 1 is 0.542 bits per heavy atom. The van der Waals surface area contributed by atoms with Crippen LogP contribution < -0.4 is 21.6 Å². The molecule has 0 heterocycles. The van der Waals surface area contributed by atoms with Crippen molar-refractivity contribution in [1.82, 2.24) is 0 Å². The van der Waals surface area contributed by atoms with Crippen LogP contribution in [0.1, 0.15) is 146 Å². The van der Waals surface area contributed by atoms with E-state index in [4.69, 9.17) is 5.73 Å². The zero-order valence-electron chi connectivity index (χ0n) is 32.0. The van der Waals surface area contributed by atoms with Crippen LogP contribution in [0.2, 0.25) is 0 Å². The summed E-state index contributed by atoms with van der Waals surface area (Å²) < 4.78 is 0. The van der Waals surface area contributed by atoms with Crippen molar-refractivity contribution in [3.63, 3.8) is 0 Å². The van der Waals surface area contributed by atoms with E-state index >= 15 is 0 Å². The Balaban J connectivity index is 1.73. The van der Waals surface area contributed by atoms with Crippen LogP contribution in [0.4, 0.5) is 0 Å². The molecule has 1 atom stereocenters. The van der Waals surface area contributed by atoms with Crippen LogP contribution in [0, 0.1) is 0 Å². The van der Waals surface area contributed by atoms with Gasteiger partial charge in [-0.25, -0.2) is 0 Å². The Bertz CT molecular complexity index is 1710. The quantitative estimate of drug-likeness (QED) is 0.217. The molecule has 6 rings (SSSR count). The van der Waals surface area contributed by atoms with Gasteiger partial charge in [0.1, 0.15) is 0 Å². The lowest BCUT2D eigenvalue weighted by Gasteiger charge is -2.35. The van der Waals surface area contributed by atoms with Crippen molar-refractivity contribution in [3.05, 3.63) is 123 Å². The average Bonchev–Trinajstić information content (AvgIpc) is 3.57. The van der Waals surface area contributed by atoms with Gasteiger partial charge in [-0.05, 0) is 121 Å². The lowest BCUT2D eigenvalue weighted by molar-refractivity contribution is 0.506. The van der Waals surface area contributed by atoms with Crippen molar-refractivity contribution in [3.8, 4) is 0 Å². The minimum atomic E-state index is -0.879. The van der Waals surface area contributed by atoms with Crippen LogP contribution in [0.25, 0.3) is 0 Å². The molecule has 2 aliphatic carbocycles. The third kappa shape index (κ3) is 6.24. The van der Waals surface area contributed by atoms with Crippen LogP contribution in [0.3, 0.4) is 0 Å². The third-order valence-electron chi connectivity index (χ3n) is 11.2. The highest BCUT2D eigenvalue weighted by molar-refractivity contribution is 7.80. The third-order valence-corrected chi connectivity index (χ3v) is 13.6. The second-order valence-corrected chi connectivity index (χ2v) is 21.1. The molecule has 254 valence electrons. The number of rotatable bonds is 4. The minimum absolute atomic E-state index is 0.0286. The largest absolute Gasteiger partial charge is 0.326 e. The van der Waals surface area contributed by atoms with Crippen LogP contribution >= 0.6 is 7.92 Å². The topological polar surface area (TPSA) is 26.0 Å². The summed E-state index contributed by atoms with van der Waals surface area (Å²) in [6.45, 7) is 29.1. The molecule has 0 aromatic heterocycles. The zero-order chi connectivity index (χ0) is 35.0. The standard InChI is InChI=1S/C46H60NP/c1-42(2,3)33-23-34(43(4,5)6)26-37(25-33)48(38-27-35(44(7,8)9)24-36(28-38)45(10,11)12)39-18-14-16-31-20-22-46(41(31)39)21-19-30-15-13-17-32(29-47)40(30)46/h13-18,23-28H,19-22,29,47H2,1-12H3/t46-/m0/s1. The number of nitrogens with two attached hydrogens (primary N) is 1. The van der Waals surface area contributed by atoms with E-state index in [-0.39, 0.29) is 27.1 Å². The van der Waals surface area contributed by atoms with E-state index < -0.39 is 7.92 Å². The van der Waals surface area contributed by atoms with Gasteiger partial charge in [-0.3, -0.25) is 0 Å². The number of hydrogen-bond acceptors (Lipinski definition) is 1. The predicted molar refractivity (Wildman–Crippen MR) is 212 cm³/mol. The van der Waals surface area contributed by atoms with Crippen molar-refractivity contribution in [2.75, 3.05) is 0 Å². The average molecular weight is 658 g/mol. The lowest BCUT2D eigenvalue weighted by Crippen LogP contribution is -2.34. The molecule has 1 spiro atoms. The number of fused-ring (bicyclic) bond motifs is 4. The summed E-state index contributed by atoms with van der Waals surface area (Å²) in [4.78, 5) is 0. The first-order valence-electron chi connectivity index (χ1n) is 18.3. The Morgan fingerprint density at radius 3 is 1.33 bits per heavy atom. The second-order valence-electron chi connectivity index (χ2n) is 18.9. The highest BCUT2D eigenvalue weighted by Gasteiger charge is 2.48. The van der Waals surface area contributed by atoms with Crippen LogP contribution in [0.15, 0.2) is 72.8 Å². The summed E-state index contributed by atoms with van der Waals surface area (Å²) in [6, 6.07) is 29.5. The fourth-order valence-electron chi connectivity index (χ4n) is 8.27. The summed E-state index contributed by atoms with van der Waals surface area (Å²) in [6.07, 6.45) is 4.62. The van der Waals surface area contributed by atoms with Gasteiger partial charge in [-0.15, -0.1) is 0 Å². The summed E-state index contributed by atoms with van der Waals surface area (Å²) in [7, 11) is -0.879. The van der Waals surface area contributed by atoms with E-state index in [1.165, 1.54) is 56.8 Å². The van der Waals surface area contributed by atoms with Gasteiger partial charge in [0.15, 0.2) is 0 Å². The van der Waals surface area contributed by atoms with Gasteiger partial charge >= 0.3 is 0 Å². The van der Waals surface area contributed by atoms with Crippen molar-refractivity contribution < 1.29 is 0 Å². The minimum Gasteiger partial charge on any atom is -0.326 e. The first-order chi connectivity index (χ1) is 22.2. The number of benzene rings is 4. The molecule has 0 saturated carbocycles. The SMILES string of the molecule is CC(C)(C)c1cc(P(c2cc(C(C)(C)C)cc(C(C)(C)C)c2)c2cccc3c2[C@@]2(CCc4cccc(CN)c42)CC3)cc(C(C)(C)C)c1. The molecule has 2 N–H and O–H groups in total. The molecule has 0 amide bonds. The summed E-state index contributed by atoms with van der Waals surface area (Å²) in [5.41, 5.74) is 20.0. The summed E-state index contributed by atoms with van der Waals surface area (Å²) in [5, 5.41) is 4.51. The molecule has 0 saturated heterocycles. The second kappa shape index (κ2) is 12.0. The molecular formula is C46H60NP. The Morgan fingerprint density at radius 2 is 0.938 bits per heavy atom. The molecule has 1 nitrogen and oxygen atoms in total. The Hall–Kier alpha value is -2.73. The molecule has 0 aliphatic heterocycles. The fourth-order valence-corrected chi connectivity index (χ4v) is 11.0. The smallest absolute Gasteiger partial charge is 0.0224 e. The van der Waals surface area contributed by atoms with E-state index in [1.807, 2.05) is 0 Å². The van der Waals surface area contributed by atoms with Crippen LogP contribution in [-0.2, 0) is 46.5 Å². The summed E-state index contributed by atoms with van der Waals surface area (Å²) >= 11 is 0. The number of aryl methyl sites for hydroxylation is 2. The van der Waals surface area contributed by atoms with Crippen LogP contribution in [-0.4, -0.2) is 0 Å². The highest BCUT2D eigenvalue weighted by atomic mass is 31.1. The van der Waals surface area contributed by atoms with Gasteiger partial charge in [-0.1, -0.05) is 156 Å². The van der Waals surface area contributed by atoms with Crippen molar-refractivity contribution in [1.29, 1.82) is 0 Å². The van der Waals surface area contributed by atoms with Gasteiger partial charge in [0.2, 0.25) is 0 Å². The molecule has 2 aliphatic rings. The molecule has 4 aromatic carbocycles. The Labute approximate surface area is 293 Å². The van der Waals surface area contributed by atoms with Crippen molar-refractivity contribution >= 4 is 23.8 Å². The monoisotopic (exact) mass is 657 g/mol. The fraction of sp³-hybridized carbons (Fsp3) is 0.478. The van der Waals surface area contributed by atoms with Crippen molar-refractivity contribution in [2.45, 2.75) is 142 Å². The molecule has 0 bridgehead atoms.